The molecule has 3 aromatic carbocycles. The highest BCUT2D eigenvalue weighted by atomic mass is 16.5. The van der Waals surface area contributed by atoms with E-state index in [-0.39, 0.29) is 11.3 Å². The standard InChI is InChI=1S/C27H31NO3/c1-18-7-8-19(2)24(15-18)28-26(29)20-9-14-25(30-6)21(16-20)17-31-23-12-10-22(11-13-23)27(3,4)5/h7-16H,17H2,1-6H3,(H,28,29). The second-order valence-corrected chi connectivity index (χ2v) is 8.86. The lowest BCUT2D eigenvalue weighted by Gasteiger charge is -2.19. The van der Waals surface area contributed by atoms with Crippen molar-refractivity contribution in [3.05, 3.63) is 88.5 Å². The maximum atomic E-state index is 12.8. The van der Waals surface area contributed by atoms with E-state index in [0.29, 0.717) is 17.9 Å². The maximum Gasteiger partial charge on any atom is 0.255 e. The summed E-state index contributed by atoms with van der Waals surface area (Å²) in [5.41, 5.74) is 5.66. The monoisotopic (exact) mass is 417 g/mol. The summed E-state index contributed by atoms with van der Waals surface area (Å²) in [6.45, 7) is 10.8. The summed E-state index contributed by atoms with van der Waals surface area (Å²) in [7, 11) is 1.62. The van der Waals surface area contributed by atoms with Crippen LogP contribution >= 0.6 is 0 Å². The number of rotatable bonds is 6. The van der Waals surface area contributed by atoms with Gasteiger partial charge in [-0.05, 0) is 72.4 Å². The number of benzene rings is 3. The van der Waals surface area contributed by atoms with E-state index >= 15 is 0 Å². The van der Waals surface area contributed by atoms with E-state index in [1.54, 1.807) is 19.2 Å². The fourth-order valence-electron chi connectivity index (χ4n) is 3.31. The first-order valence-corrected chi connectivity index (χ1v) is 10.5. The van der Waals surface area contributed by atoms with Gasteiger partial charge in [-0.15, -0.1) is 0 Å². The summed E-state index contributed by atoms with van der Waals surface area (Å²) < 4.78 is 11.5. The molecule has 0 saturated carbocycles. The molecule has 0 spiro atoms. The van der Waals surface area contributed by atoms with Gasteiger partial charge in [-0.2, -0.15) is 0 Å². The lowest BCUT2D eigenvalue weighted by molar-refractivity contribution is 0.102. The third-order valence-corrected chi connectivity index (χ3v) is 5.30. The molecule has 1 amide bonds. The third kappa shape index (κ3) is 5.66. The van der Waals surface area contributed by atoms with Gasteiger partial charge in [0.2, 0.25) is 0 Å². The van der Waals surface area contributed by atoms with Gasteiger partial charge < -0.3 is 14.8 Å². The van der Waals surface area contributed by atoms with Crippen LogP contribution in [-0.2, 0) is 12.0 Å². The fraction of sp³-hybridized carbons (Fsp3) is 0.296. The Bertz CT molecular complexity index is 1060. The van der Waals surface area contributed by atoms with Gasteiger partial charge in [0, 0.05) is 16.8 Å². The number of aryl methyl sites for hydroxylation is 2. The predicted molar refractivity (Wildman–Crippen MR) is 126 cm³/mol. The van der Waals surface area contributed by atoms with Crippen LogP contribution in [0.4, 0.5) is 5.69 Å². The molecule has 0 fully saturated rings. The molecule has 31 heavy (non-hydrogen) atoms. The van der Waals surface area contributed by atoms with Crippen molar-refractivity contribution in [3.8, 4) is 11.5 Å². The summed E-state index contributed by atoms with van der Waals surface area (Å²) in [4.78, 5) is 12.8. The number of carbonyl (C=O) groups excluding carboxylic acids is 1. The van der Waals surface area contributed by atoms with E-state index in [1.165, 1.54) is 5.56 Å². The molecule has 0 aliphatic rings. The van der Waals surface area contributed by atoms with Crippen LogP contribution < -0.4 is 14.8 Å². The Morgan fingerprint density at radius 2 is 1.65 bits per heavy atom. The molecule has 0 radical (unpaired) electrons. The van der Waals surface area contributed by atoms with Crippen LogP contribution in [0, 0.1) is 13.8 Å². The minimum Gasteiger partial charge on any atom is -0.496 e. The normalized spacial score (nSPS) is 11.2. The van der Waals surface area contributed by atoms with E-state index in [4.69, 9.17) is 9.47 Å². The number of methoxy groups -OCH3 is 1. The van der Waals surface area contributed by atoms with E-state index in [0.717, 1.165) is 28.1 Å². The summed E-state index contributed by atoms with van der Waals surface area (Å²) in [6, 6.07) is 19.5. The van der Waals surface area contributed by atoms with Gasteiger partial charge in [-0.3, -0.25) is 4.79 Å². The lowest BCUT2D eigenvalue weighted by Crippen LogP contribution is -2.14. The van der Waals surface area contributed by atoms with Crippen LogP contribution in [0.25, 0.3) is 0 Å². The molecule has 0 aliphatic carbocycles. The van der Waals surface area contributed by atoms with E-state index in [2.05, 4.69) is 38.2 Å². The molecule has 0 aliphatic heterocycles. The van der Waals surface area contributed by atoms with Crippen molar-refractivity contribution in [2.24, 2.45) is 0 Å². The number of hydrogen-bond acceptors (Lipinski definition) is 3. The second kappa shape index (κ2) is 9.25. The van der Waals surface area contributed by atoms with Crippen molar-refractivity contribution in [1.29, 1.82) is 0 Å². The van der Waals surface area contributed by atoms with Crippen molar-refractivity contribution in [3.63, 3.8) is 0 Å². The Balaban J connectivity index is 1.75. The topological polar surface area (TPSA) is 47.6 Å². The molecule has 3 aromatic rings. The first-order chi connectivity index (χ1) is 14.7. The molecule has 0 aromatic heterocycles. The van der Waals surface area contributed by atoms with E-state index in [9.17, 15) is 4.79 Å². The number of carbonyl (C=O) groups is 1. The van der Waals surface area contributed by atoms with Crippen molar-refractivity contribution in [2.45, 2.75) is 46.6 Å². The van der Waals surface area contributed by atoms with Crippen LogP contribution in [0.15, 0.2) is 60.7 Å². The number of anilines is 1. The molecular formula is C27H31NO3. The van der Waals surface area contributed by atoms with Gasteiger partial charge in [-0.1, -0.05) is 45.0 Å². The molecule has 4 nitrogen and oxygen atoms in total. The average molecular weight is 418 g/mol. The molecule has 0 atom stereocenters. The highest BCUT2D eigenvalue weighted by Gasteiger charge is 2.14. The zero-order valence-electron chi connectivity index (χ0n) is 19.2. The molecule has 4 heteroatoms. The minimum absolute atomic E-state index is 0.0963. The zero-order valence-corrected chi connectivity index (χ0v) is 19.2. The molecule has 0 unspecified atom stereocenters. The molecule has 162 valence electrons. The average Bonchev–Trinajstić information content (AvgIpc) is 2.74. The lowest BCUT2D eigenvalue weighted by atomic mass is 9.87. The molecule has 3 rings (SSSR count). The summed E-state index contributed by atoms with van der Waals surface area (Å²) >= 11 is 0. The summed E-state index contributed by atoms with van der Waals surface area (Å²) in [5, 5.41) is 3.01. The predicted octanol–water partition coefficient (Wildman–Crippen LogP) is 6.44. The quantitative estimate of drug-likeness (QED) is 0.502. The van der Waals surface area contributed by atoms with Gasteiger partial charge >= 0.3 is 0 Å². The SMILES string of the molecule is COc1ccc(C(=O)Nc2cc(C)ccc2C)cc1COc1ccc(C(C)(C)C)cc1. The number of hydrogen-bond donors (Lipinski definition) is 1. The zero-order chi connectivity index (χ0) is 22.6. The Morgan fingerprint density at radius 3 is 2.29 bits per heavy atom. The van der Waals surface area contributed by atoms with E-state index < -0.39 is 0 Å². The Kier molecular flexibility index (Phi) is 6.69. The van der Waals surface area contributed by atoms with Crippen LogP contribution in [0.5, 0.6) is 11.5 Å². The Labute approximate surface area is 185 Å². The second-order valence-electron chi connectivity index (χ2n) is 8.86. The Hall–Kier alpha value is -3.27. The molecule has 1 N–H and O–H groups in total. The minimum atomic E-state index is -0.160. The van der Waals surface area contributed by atoms with Gasteiger partial charge in [0.25, 0.3) is 5.91 Å². The van der Waals surface area contributed by atoms with Crippen LogP contribution in [-0.4, -0.2) is 13.0 Å². The number of nitrogens with one attached hydrogen (secondary N) is 1. The number of ether oxygens (including phenoxy) is 2. The summed E-state index contributed by atoms with van der Waals surface area (Å²) in [5.74, 6) is 1.31. The van der Waals surface area contributed by atoms with Crippen LogP contribution in [0.3, 0.4) is 0 Å². The van der Waals surface area contributed by atoms with Crippen LogP contribution in [0.1, 0.15) is 53.4 Å². The van der Waals surface area contributed by atoms with Gasteiger partial charge in [0.05, 0.1) is 7.11 Å². The number of amides is 1. The summed E-state index contributed by atoms with van der Waals surface area (Å²) in [6.07, 6.45) is 0. The molecule has 0 bridgehead atoms. The van der Waals surface area contributed by atoms with E-state index in [1.807, 2.05) is 50.2 Å². The fourth-order valence-corrected chi connectivity index (χ4v) is 3.31. The van der Waals surface area contributed by atoms with Gasteiger partial charge in [0.1, 0.15) is 18.1 Å². The first kappa shape index (κ1) is 22.4. The van der Waals surface area contributed by atoms with Gasteiger partial charge in [0.15, 0.2) is 0 Å². The highest BCUT2D eigenvalue weighted by Crippen LogP contribution is 2.26. The molecular weight excluding hydrogens is 386 g/mol. The van der Waals surface area contributed by atoms with Crippen molar-refractivity contribution in [2.75, 3.05) is 12.4 Å². The van der Waals surface area contributed by atoms with Crippen LogP contribution in [0.2, 0.25) is 0 Å². The van der Waals surface area contributed by atoms with Crippen molar-refractivity contribution >= 4 is 11.6 Å². The van der Waals surface area contributed by atoms with Crippen molar-refractivity contribution < 1.29 is 14.3 Å². The van der Waals surface area contributed by atoms with Crippen molar-refractivity contribution in [1.82, 2.24) is 0 Å². The molecule has 0 heterocycles. The van der Waals surface area contributed by atoms with Gasteiger partial charge in [-0.25, -0.2) is 0 Å². The largest absolute Gasteiger partial charge is 0.496 e. The molecule has 0 saturated heterocycles. The smallest absolute Gasteiger partial charge is 0.255 e. The maximum absolute atomic E-state index is 12.8. The highest BCUT2D eigenvalue weighted by molar-refractivity contribution is 6.04. The third-order valence-electron chi connectivity index (χ3n) is 5.30. The first-order valence-electron chi connectivity index (χ1n) is 10.5. The Morgan fingerprint density at radius 1 is 0.935 bits per heavy atom.